The minimum atomic E-state index is -5.60. The summed E-state index contributed by atoms with van der Waals surface area (Å²) in [5.74, 6) is -15.8. The highest BCUT2D eigenvalue weighted by atomic mass is 79.9. The van der Waals surface area contributed by atoms with Crippen molar-refractivity contribution in [2.45, 2.75) is 17.8 Å². The lowest BCUT2D eigenvalue weighted by molar-refractivity contribution is -0.254. The molecule has 0 saturated heterocycles. The van der Waals surface area contributed by atoms with Crippen LogP contribution in [0.25, 0.3) is 11.1 Å². The molecule has 132 valence electrons. The van der Waals surface area contributed by atoms with Crippen molar-refractivity contribution in [3.8, 4) is 0 Å². The average molecular weight is 488 g/mol. The molecule has 2 heterocycles. The molecule has 0 aromatic carbocycles. The lowest BCUT2D eigenvalue weighted by Crippen LogP contribution is -2.48. The molecule has 10 heteroatoms. The number of halogens is 8. The molecule has 0 atom stereocenters. The largest absolute Gasteiger partial charge is 0.380 e. The van der Waals surface area contributed by atoms with E-state index in [4.69, 9.17) is 0 Å². The van der Waals surface area contributed by atoms with Crippen molar-refractivity contribution >= 4 is 43.0 Å². The van der Waals surface area contributed by atoms with Crippen molar-refractivity contribution in [2.24, 2.45) is 0 Å². The Bertz CT molecular complexity index is 812. The van der Waals surface area contributed by atoms with Crippen LogP contribution in [0.3, 0.4) is 0 Å². The van der Waals surface area contributed by atoms with Crippen molar-refractivity contribution in [3.63, 3.8) is 0 Å². The second-order valence-corrected chi connectivity index (χ2v) is 7.09. The fraction of sp³-hybridized carbons (Fsp3) is 0.200. The quantitative estimate of drug-likeness (QED) is 0.498. The maximum absolute atomic E-state index is 14.4. The van der Waals surface area contributed by atoms with Gasteiger partial charge in [0.15, 0.2) is 0 Å². The number of allylic oxidation sites excluding steroid dienone is 2. The molecule has 0 radical (unpaired) electrons. The van der Waals surface area contributed by atoms with E-state index >= 15 is 0 Å². The molecular weight excluding hydrogens is 482 g/mol. The first-order valence-electron chi connectivity index (χ1n) is 6.60. The average Bonchev–Trinajstić information content (AvgIpc) is 2.61. The standard InChI is InChI=1S/C15H6Br2F6N2/c16-9-1-7(3-24-5-9)11-12(8-2-10(17)6-25-4-8)14(20,21)15(22,23)13(11,18)19/h1-6H. The van der Waals surface area contributed by atoms with E-state index in [9.17, 15) is 26.3 Å². The Labute approximate surface area is 154 Å². The third-order valence-corrected chi connectivity index (χ3v) is 4.52. The van der Waals surface area contributed by atoms with Crippen LogP contribution in [0.15, 0.2) is 45.9 Å². The second kappa shape index (κ2) is 5.80. The second-order valence-electron chi connectivity index (χ2n) is 5.26. The molecule has 0 amide bonds. The van der Waals surface area contributed by atoms with Gasteiger partial charge in [-0.3, -0.25) is 9.97 Å². The fourth-order valence-electron chi connectivity index (χ4n) is 2.57. The molecule has 1 aliphatic rings. The van der Waals surface area contributed by atoms with Crippen molar-refractivity contribution < 1.29 is 26.3 Å². The molecule has 2 aromatic heterocycles. The van der Waals surface area contributed by atoms with E-state index in [2.05, 4.69) is 41.8 Å². The van der Waals surface area contributed by atoms with Crippen LogP contribution in [0.5, 0.6) is 0 Å². The predicted octanol–water partition coefficient (Wildman–Crippen LogP) is 5.83. The summed E-state index contributed by atoms with van der Waals surface area (Å²) >= 11 is 5.93. The number of pyridine rings is 2. The van der Waals surface area contributed by atoms with Crippen molar-refractivity contribution in [3.05, 3.63) is 57.0 Å². The highest BCUT2D eigenvalue weighted by Crippen LogP contribution is 2.64. The molecule has 3 rings (SSSR count). The van der Waals surface area contributed by atoms with Gasteiger partial charge in [-0.15, -0.1) is 0 Å². The molecule has 2 aromatic rings. The zero-order chi connectivity index (χ0) is 18.6. The Kier molecular flexibility index (Phi) is 4.26. The first kappa shape index (κ1) is 18.4. The molecule has 2 nitrogen and oxygen atoms in total. The molecule has 25 heavy (non-hydrogen) atoms. The fourth-order valence-corrected chi connectivity index (χ4v) is 3.30. The summed E-state index contributed by atoms with van der Waals surface area (Å²) in [4.78, 5) is 7.21. The third-order valence-electron chi connectivity index (χ3n) is 3.65. The first-order chi connectivity index (χ1) is 11.5. The maximum atomic E-state index is 14.4. The SMILES string of the molecule is FC1(F)C(c2cncc(Br)c2)=C(c2cncc(Br)c2)C(F)(F)C1(F)F. The molecule has 0 unspecified atom stereocenters. The van der Waals surface area contributed by atoms with Gasteiger partial charge in [0.05, 0.1) is 0 Å². The van der Waals surface area contributed by atoms with E-state index < -0.39 is 40.0 Å². The minimum absolute atomic E-state index is 0.179. The van der Waals surface area contributed by atoms with Crippen molar-refractivity contribution in [1.29, 1.82) is 0 Å². The van der Waals surface area contributed by atoms with Crippen LogP contribution in [0.4, 0.5) is 26.3 Å². The minimum Gasteiger partial charge on any atom is -0.263 e. The van der Waals surface area contributed by atoms with E-state index in [1.807, 2.05) is 0 Å². The summed E-state index contributed by atoms with van der Waals surface area (Å²) in [7, 11) is 0. The van der Waals surface area contributed by atoms with Gasteiger partial charge in [-0.1, -0.05) is 0 Å². The van der Waals surface area contributed by atoms with E-state index in [0.29, 0.717) is 0 Å². The summed E-state index contributed by atoms with van der Waals surface area (Å²) in [5, 5.41) is 0. The van der Waals surface area contributed by atoms with E-state index in [-0.39, 0.29) is 8.95 Å². The van der Waals surface area contributed by atoms with Gasteiger partial charge in [-0.25, -0.2) is 0 Å². The predicted molar refractivity (Wildman–Crippen MR) is 85.5 cm³/mol. The van der Waals surface area contributed by atoms with Crippen LogP contribution in [-0.4, -0.2) is 27.7 Å². The van der Waals surface area contributed by atoms with Gasteiger partial charge in [0, 0.05) is 56.0 Å². The number of aromatic nitrogens is 2. The van der Waals surface area contributed by atoms with Crippen LogP contribution in [-0.2, 0) is 0 Å². The van der Waals surface area contributed by atoms with Crippen LogP contribution >= 0.6 is 31.9 Å². The Morgan fingerprint density at radius 2 is 1.00 bits per heavy atom. The lowest BCUT2D eigenvalue weighted by atomic mass is 9.97. The topological polar surface area (TPSA) is 25.8 Å². The summed E-state index contributed by atoms with van der Waals surface area (Å²) in [5.41, 5.74) is -4.02. The summed E-state index contributed by atoms with van der Waals surface area (Å²) in [6.07, 6.45) is 4.09. The Hall–Kier alpha value is -1.42. The zero-order valence-corrected chi connectivity index (χ0v) is 15.1. The highest BCUT2D eigenvalue weighted by molar-refractivity contribution is 9.10. The van der Waals surface area contributed by atoms with Crippen molar-refractivity contribution in [1.82, 2.24) is 9.97 Å². The smallest absolute Gasteiger partial charge is 0.263 e. The van der Waals surface area contributed by atoms with Crippen LogP contribution in [0, 0.1) is 0 Å². The maximum Gasteiger partial charge on any atom is 0.380 e. The normalized spacial score (nSPS) is 20.8. The van der Waals surface area contributed by atoms with Gasteiger partial charge in [0.1, 0.15) is 0 Å². The molecule has 0 aliphatic heterocycles. The number of hydrogen-bond donors (Lipinski definition) is 0. The Morgan fingerprint density at radius 1 is 0.640 bits per heavy atom. The summed E-state index contributed by atoms with van der Waals surface area (Å²) in [6, 6.07) is 2.05. The molecule has 0 spiro atoms. The molecule has 0 bridgehead atoms. The summed E-state index contributed by atoms with van der Waals surface area (Å²) in [6.45, 7) is 0. The van der Waals surface area contributed by atoms with E-state index in [0.717, 1.165) is 24.5 Å². The van der Waals surface area contributed by atoms with Gasteiger partial charge in [-0.2, -0.15) is 26.3 Å². The van der Waals surface area contributed by atoms with Crippen molar-refractivity contribution in [2.75, 3.05) is 0 Å². The highest BCUT2D eigenvalue weighted by Gasteiger charge is 2.80. The monoisotopic (exact) mass is 486 g/mol. The van der Waals surface area contributed by atoms with Crippen LogP contribution in [0.2, 0.25) is 0 Å². The zero-order valence-electron chi connectivity index (χ0n) is 11.9. The molecule has 0 saturated carbocycles. The molecule has 0 N–H and O–H groups in total. The van der Waals surface area contributed by atoms with Gasteiger partial charge in [0.25, 0.3) is 0 Å². The van der Waals surface area contributed by atoms with E-state index in [1.165, 1.54) is 12.4 Å². The Balaban J connectivity index is 2.41. The third kappa shape index (κ3) is 2.61. The van der Waals surface area contributed by atoms with Gasteiger partial charge in [-0.05, 0) is 44.0 Å². The van der Waals surface area contributed by atoms with Gasteiger partial charge in [0.2, 0.25) is 0 Å². The summed E-state index contributed by atoms with van der Waals surface area (Å²) < 4.78 is 85.8. The van der Waals surface area contributed by atoms with Crippen LogP contribution in [0.1, 0.15) is 11.1 Å². The lowest BCUT2D eigenvalue weighted by Gasteiger charge is -2.25. The van der Waals surface area contributed by atoms with Gasteiger partial charge < -0.3 is 0 Å². The first-order valence-corrected chi connectivity index (χ1v) is 8.19. The van der Waals surface area contributed by atoms with Gasteiger partial charge >= 0.3 is 17.8 Å². The molecule has 0 fully saturated rings. The number of hydrogen-bond acceptors (Lipinski definition) is 2. The molecular formula is C15H6Br2F6N2. The molecule has 1 aliphatic carbocycles. The van der Waals surface area contributed by atoms with E-state index in [1.54, 1.807) is 0 Å². The van der Waals surface area contributed by atoms with Crippen LogP contribution < -0.4 is 0 Å². The number of rotatable bonds is 2. The number of nitrogens with zero attached hydrogens (tertiary/aromatic N) is 2. The number of alkyl halides is 6. The Morgan fingerprint density at radius 3 is 1.32 bits per heavy atom.